The van der Waals surface area contributed by atoms with E-state index in [1.807, 2.05) is 11.6 Å². The molecule has 0 aliphatic heterocycles. The first-order chi connectivity index (χ1) is 10.8. The number of rotatable bonds is 5. The molecule has 0 spiro atoms. The van der Waals surface area contributed by atoms with Crippen LogP contribution in [0.4, 0.5) is 5.69 Å². The molecule has 2 nitrogen and oxygen atoms in total. The van der Waals surface area contributed by atoms with Crippen LogP contribution in [0.3, 0.4) is 0 Å². The Morgan fingerprint density at radius 3 is 2.18 bits per heavy atom. The molecule has 0 amide bonds. The van der Waals surface area contributed by atoms with Crippen LogP contribution in [0, 0.1) is 0 Å². The number of thiazole rings is 1. The minimum Gasteiger partial charge on any atom is -0.372 e. The second-order valence-corrected chi connectivity index (χ2v) is 5.97. The van der Waals surface area contributed by atoms with Gasteiger partial charge >= 0.3 is 0 Å². The first kappa shape index (κ1) is 14.8. The van der Waals surface area contributed by atoms with Gasteiger partial charge in [0.2, 0.25) is 0 Å². The van der Waals surface area contributed by atoms with Gasteiger partial charge in [0, 0.05) is 24.3 Å². The first-order valence-corrected chi connectivity index (χ1v) is 8.55. The lowest BCUT2D eigenvalue weighted by Gasteiger charge is -2.21. The van der Waals surface area contributed by atoms with Gasteiger partial charge in [0.1, 0.15) is 0 Å². The second-order valence-electron chi connectivity index (χ2n) is 5.12. The minimum absolute atomic E-state index is 1.03. The standard InChI is InChI=1S/C19H20N2S/c1-3-21(4-2)17-12-10-15(11-13-17)18-19(22-14-20-18)16-8-6-5-7-9-16/h5-14H,3-4H2,1-2H3. The first-order valence-electron chi connectivity index (χ1n) is 7.67. The molecule has 0 fully saturated rings. The van der Waals surface area contributed by atoms with Crippen LogP contribution in [0.5, 0.6) is 0 Å². The quantitative estimate of drug-likeness (QED) is 0.634. The van der Waals surface area contributed by atoms with Crippen molar-refractivity contribution < 1.29 is 0 Å². The summed E-state index contributed by atoms with van der Waals surface area (Å²) in [5.41, 5.74) is 6.67. The molecule has 3 aromatic rings. The summed E-state index contributed by atoms with van der Waals surface area (Å²) in [7, 11) is 0. The Balaban J connectivity index is 1.94. The molecule has 3 rings (SSSR count). The van der Waals surface area contributed by atoms with Gasteiger partial charge in [-0.05, 0) is 31.5 Å². The van der Waals surface area contributed by atoms with E-state index in [1.54, 1.807) is 11.3 Å². The molecular weight excluding hydrogens is 288 g/mol. The van der Waals surface area contributed by atoms with E-state index in [0.717, 1.165) is 18.8 Å². The number of hydrogen-bond acceptors (Lipinski definition) is 3. The molecule has 22 heavy (non-hydrogen) atoms. The van der Waals surface area contributed by atoms with Gasteiger partial charge in [0.05, 0.1) is 16.1 Å². The summed E-state index contributed by atoms with van der Waals surface area (Å²) in [6.45, 7) is 6.43. The second kappa shape index (κ2) is 6.75. The molecule has 1 aromatic heterocycles. The van der Waals surface area contributed by atoms with Crippen molar-refractivity contribution in [2.24, 2.45) is 0 Å². The third kappa shape index (κ3) is 2.90. The summed E-state index contributed by atoms with van der Waals surface area (Å²) in [5.74, 6) is 0. The van der Waals surface area contributed by atoms with Crippen molar-refractivity contribution in [3.8, 4) is 21.7 Å². The monoisotopic (exact) mass is 308 g/mol. The molecule has 0 saturated carbocycles. The van der Waals surface area contributed by atoms with Gasteiger partial charge in [-0.1, -0.05) is 42.5 Å². The summed E-state index contributed by atoms with van der Waals surface area (Å²) in [4.78, 5) is 8.17. The molecule has 0 unspecified atom stereocenters. The van der Waals surface area contributed by atoms with Crippen LogP contribution in [-0.4, -0.2) is 18.1 Å². The maximum absolute atomic E-state index is 4.58. The fourth-order valence-corrected chi connectivity index (χ4v) is 3.48. The minimum atomic E-state index is 1.03. The highest BCUT2D eigenvalue weighted by molar-refractivity contribution is 7.13. The zero-order chi connectivity index (χ0) is 15.4. The van der Waals surface area contributed by atoms with Crippen molar-refractivity contribution in [2.45, 2.75) is 13.8 Å². The van der Waals surface area contributed by atoms with Crippen LogP contribution in [0.15, 0.2) is 60.1 Å². The Labute approximate surface area is 136 Å². The van der Waals surface area contributed by atoms with E-state index in [0.29, 0.717) is 0 Å². The molecule has 0 atom stereocenters. The summed E-state index contributed by atoms with van der Waals surface area (Å²) >= 11 is 1.70. The molecule has 0 aliphatic rings. The number of anilines is 1. The van der Waals surface area contributed by atoms with Gasteiger partial charge in [-0.2, -0.15) is 0 Å². The van der Waals surface area contributed by atoms with Crippen LogP contribution in [0.25, 0.3) is 21.7 Å². The molecule has 0 saturated heterocycles. The van der Waals surface area contributed by atoms with Gasteiger partial charge < -0.3 is 4.90 Å². The number of nitrogens with zero attached hydrogens (tertiary/aromatic N) is 2. The van der Waals surface area contributed by atoms with E-state index in [9.17, 15) is 0 Å². The van der Waals surface area contributed by atoms with Crippen LogP contribution in [0.1, 0.15) is 13.8 Å². The van der Waals surface area contributed by atoms with E-state index in [1.165, 1.54) is 21.7 Å². The molecular formula is C19H20N2S. The fourth-order valence-electron chi connectivity index (χ4n) is 2.66. The Bertz CT molecular complexity index is 713. The molecule has 1 heterocycles. The lowest BCUT2D eigenvalue weighted by atomic mass is 10.1. The summed E-state index contributed by atoms with van der Waals surface area (Å²) in [6.07, 6.45) is 0. The zero-order valence-electron chi connectivity index (χ0n) is 13.0. The smallest absolute Gasteiger partial charge is 0.0890 e. The summed E-state index contributed by atoms with van der Waals surface area (Å²) < 4.78 is 0. The summed E-state index contributed by atoms with van der Waals surface area (Å²) in [6, 6.07) is 19.2. The lowest BCUT2D eigenvalue weighted by Crippen LogP contribution is -2.21. The predicted molar refractivity (Wildman–Crippen MR) is 96.5 cm³/mol. The lowest BCUT2D eigenvalue weighted by molar-refractivity contribution is 0.866. The molecule has 0 bridgehead atoms. The van der Waals surface area contributed by atoms with E-state index < -0.39 is 0 Å². The highest BCUT2D eigenvalue weighted by Crippen LogP contribution is 2.35. The molecule has 2 aromatic carbocycles. The van der Waals surface area contributed by atoms with Crippen molar-refractivity contribution in [1.82, 2.24) is 4.98 Å². The third-order valence-corrected chi connectivity index (χ3v) is 4.75. The SMILES string of the molecule is CCN(CC)c1ccc(-c2ncsc2-c2ccccc2)cc1. The normalized spacial score (nSPS) is 10.6. The largest absolute Gasteiger partial charge is 0.372 e. The van der Waals surface area contributed by atoms with Crippen LogP contribution in [0.2, 0.25) is 0 Å². The van der Waals surface area contributed by atoms with Gasteiger partial charge in [-0.3, -0.25) is 0 Å². The van der Waals surface area contributed by atoms with Gasteiger partial charge in [-0.15, -0.1) is 11.3 Å². The molecule has 3 heteroatoms. The van der Waals surface area contributed by atoms with Crippen LogP contribution in [-0.2, 0) is 0 Å². The van der Waals surface area contributed by atoms with E-state index >= 15 is 0 Å². The maximum Gasteiger partial charge on any atom is 0.0890 e. The number of hydrogen-bond donors (Lipinski definition) is 0. The number of benzene rings is 2. The van der Waals surface area contributed by atoms with Gasteiger partial charge in [0.15, 0.2) is 0 Å². The molecule has 0 N–H and O–H groups in total. The third-order valence-electron chi connectivity index (χ3n) is 3.87. The van der Waals surface area contributed by atoms with Crippen molar-refractivity contribution in [1.29, 1.82) is 0 Å². The molecule has 112 valence electrons. The van der Waals surface area contributed by atoms with Gasteiger partial charge in [-0.25, -0.2) is 4.98 Å². The maximum atomic E-state index is 4.58. The van der Waals surface area contributed by atoms with Crippen molar-refractivity contribution in [2.75, 3.05) is 18.0 Å². The average molecular weight is 308 g/mol. The Hall–Kier alpha value is -2.13. The van der Waals surface area contributed by atoms with Crippen molar-refractivity contribution >= 4 is 17.0 Å². The highest BCUT2D eigenvalue weighted by Gasteiger charge is 2.11. The molecule has 0 radical (unpaired) electrons. The van der Waals surface area contributed by atoms with Gasteiger partial charge in [0.25, 0.3) is 0 Å². The fraction of sp³-hybridized carbons (Fsp3) is 0.211. The summed E-state index contributed by atoms with van der Waals surface area (Å²) in [5, 5.41) is 0. The van der Waals surface area contributed by atoms with E-state index in [2.05, 4.69) is 72.3 Å². The van der Waals surface area contributed by atoms with E-state index in [-0.39, 0.29) is 0 Å². The van der Waals surface area contributed by atoms with Crippen LogP contribution < -0.4 is 4.90 Å². The Morgan fingerprint density at radius 1 is 0.864 bits per heavy atom. The van der Waals surface area contributed by atoms with Crippen molar-refractivity contribution in [3.63, 3.8) is 0 Å². The van der Waals surface area contributed by atoms with E-state index in [4.69, 9.17) is 0 Å². The highest BCUT2D eigenvalue weighted by atomic mass is 32.1. The van der Waals surface area contributed by atoms with Crippen LogP contribution >= 0.6 is 11.3 Å². The zero-order valence-corrected chi connectivity index (χ0v) is 13.8. The Morgan fingerprint density at radius 2 is 1.55 bits per heavy atom. The average Bonchev–Trinajstić information content (AvgIpc) is 3.07. The Kier molecular flexibility index (Phi) is 4.54. The van der Waals surface area contributed by atoms with Crippen molar-refractivity contribution in [3.05, 3.63) is 60.1 Å². The number of aromatic nitrogens is 1. The topological polar surface area (TPSA) is 16.1 Å². The molecule has 0 aliphatic carbocycles. The predicted octanol–water partition coefficient (Wildman–Crippen LogP) is 5.32.